The van der Waals surface area contributed by atoms with Crippen molar-refractivity contribution in [2.45, 2.75) is 25.0 Å². The highest BCUT2D eigenvalue weighted by Crippen LogP contribution is 2.26. The SMILES string of the molecule is COc1ccc(C)cc1NC(=O)CSc1nnc([C@H](C)NC(=O)c2ccccc2Cl)n1C. The molecule has 0 aliphatic carbocycles. The molecule has 0 saturated heterocycles. The molecule has 0 bridgehead atoms. The highest BCUT2D eigenvalue weighted by atomic mass is 35.5. The number of anilines is 1. The minimum Gasteiger partial charge on any atom is -0.495 e. The zero-order chi connectivity index (χ0) is 23.3. The third-order valence-corrected chi connectivity index (χ3v) is 6.03. The summed E-state index contributed by atoms with van der Waals surface area (Å²) in [6, 6.07) is 12.0. The van der Waals surface area contributed by atoms with Gasteiger partial charge in [0.25, 0.3) is 5.91 Å². The van der Waals surface area contributed by atoms with Crippen molar-refractivity contribution < 1.29 is 14.3 Å². The summed E-state index contributed by atoms with van der Waals surface area (Å²) in [5, 5.41) is 15.0. The summed E-state index contributed by atoms with van der Waals surface area (Å²) in [4.78, 5) is 24.9. The zero-order valence-electron chi connectivity index (χ0n) is 18.2. The second-order valence-electron chi connectivity index (χ2n) is 7.12. The summed E-state index contributed by atoms with van der Waals surface area (Å²) >= 11 is 7.35. The predicted octanol–water partition coefficient (Wildman–Crippen LogP) is 4.01. The van der Waals surface area contributed by atoms with Crippen LogP contribution in [0.25, 0.3) is 0 Å². The van der Waals surface area contributed by atoms with E-state index in [-0.39, 0.29) is 17.6 Å². The highest BCUT2D eigenvalue weighted by Gasteiger charge is 2.20. The lowest BCUT2D eigenvalue weighted by molar-refractivity contribution is -0.113. The molecule has 168 valence electrons. The lowest BCUT2D eigenvalue weighted by Crippen LogP contribution is -2.28. The number of hydrogen-bond acceptors (Lipinski definition) is 6. The predicted molar refractivity (Wildman–Crippen MR) is 125 cm³/mol. The Hall–Kier alpha value is -3.04. The van der Waals surface area contributed by atoms with Gasteiger partial charge in [-0.3, -0.25) is 9.59 Å². The van der Waals surface area contributed by atoms with Gasteiger partial charge < -0.3 is 19.9 Å². The molecule has 0 radical (unpaired) electrons. The largest absolute Gasteiger partial charge is 0.495 e. The Morgan fingerprint density at radius 2 is 1.97 bits per heavy atom. The molecule has 0 spiro atoms. The Bertz CT molecular complexity index is 1130. The first-order valence-electron chi connectivity index (χ1n) is 9.82. The quantitative estimate of drug-likeness (QED) is 0.480. The Balaban J connectivity index is 1.61. The average Bonchev–Trinajstić information content (AvgIpc) is 3.13. The van der Waals surface area contributed by atoms with Crippen LogP contribution in [0.3, 0.4) is 0 Å². The maximum Gasteiger partial charge on any atom is 0.253 e. The molecule has 0 fully saturated rings. The van der Waals surface area contributed by atoms with Crippen LogP contribution in [0, 0.1) is 6.92 Å². The van der Waals surface area contributed by atoms with E-state index in [1.54, 1.807) is 43.0 Å². The number of amides is 2. The monoisotopic (exact) mass is 473 g/mol. The molecule has 2 aromatic carbocycles. The first-order chi connectivity index (χ1) is 15.3. The average molecular weight is 474 g/mol. The molecule has 3 rings (SSSR count). The standard InChI is InChI=1S/C22H24ClN5O3S/c1-13-9-10-18(31-4)17(11-13)25-19(29)12-32-22-27-26-20(28(22)3)14(2)24-21(30)15-7-5-6-8-16(15)23/h5-11,14H,12H2,1-4H3,(H,24,30)(H,25,29)/t14-/m0/s1. The number of aryl methyl sites for hydroxylation is 1. The molecule has 1 heterocycles. The number of carbonyl (C=O) groups is 2. The van der Waals surface area contributed by atoms with Gasteiger partial charge in [0.2, 0.25) is 5.91 Å². The van der Waals surface area contributed by atoms with Crippen molar-refractivity contribution in [2.24, 2.45) is 7.05 Å². The Kier molecular flexibility index (Phi) is 7.76. The van der Waals surface area contributed by atoms with Gasteiger partial charge >= 0.3 is 0 Å². The van der Waals surface area contributed by atoms with Crippen molar-refractivity contribution in [2.75, 3.05) is 18.2 Å². The minimum atomic E-state index is -0.406. The molecular weight excluding hydrogens is 450 g/mol. The summed E-state index contributed by atoms with van der Waals surface area (Å²) in [6.45, 7) is 3.75. The summed E-state index contributed by atoms with van der Waals surface area (Å²) in [5.41, 5.74) is 2.02. The van der Waals surface area contributed by atoms with Crippen molar-refractivity contribution in [3.8, 4) is 5.75 Å². The molecule has 0 unspecified atom stereocenters. The van der Waals surface area contributed by atoms with E-state index in [2.05, 4.69) is 20.8 Å². The van der Waals surface area contributed by atoms with Crippen LogP contribution in [0.4, 0.5) is 5.69 Å². The number of rotatable bonds is 8. The Morgan fingerprint density at radius 1 is 1.22 bits per heavy atom. The minimum absolute atomic E-state index is 0.142. The van der Waals surface area contributed by atoms with Crippen LogP contribution in [0.5, 0.6) is 5.75 Å². The Morgan fingerprint density at radius 3 is 2.69 bits per heavy atom. The summed E-state index contributed by atoms with van der Waals surface area (Å²) in [5.74, 6) is 0.811. The van der Waals surface area contributed by atoms with Gasteiger partial charge in [0.1, 0.15) is 5.75 Å². The fourth-order valence-corrected chi connectivity index (χ4v) is 3.99. The van der Waals surface area contributed by atoms with Gasteiger partial charge in [-0.2, -0.15) is 0 Å². The topological polar surface area (TPSA) is 98.1 Å². The van der Waals surface area contributed by atoms with Gasteiger partial charge in [0.05, 0.1) is 35.2 Å². The van der Waals surface area contributed by atoms with Crippen molar-refractivity contribution in [3.63, 3.8) is 0 Å². The summed E-state index contributed by atoms with van der Waals surface area (Å²) in [6.07, 6.45) is 0. The number of hydrogen-bond donors (Lipinski definition) is 2. The van der Waals surface area contributed by atoms with Gasteiger partial charge in [-0.1, -0.05) is 41.6 Å². The molecule has 1 aromatic heterocycles. The van der Waals surface area contributed by atoms with E-state index < -0.39 is 6.04 Å². The Labute approximate surface area is 195 Å². The van der Waals surface area contributed by atoms with Crippen LogP contribution >= 0.6 is 23.4 Å². The lowest BCUT2D eigenvalue weighted by atomic mass is 10.2. The van der Waals surface area contributed by atoms with Crippen molar-refractivity contribution >= 4 is 40.9 Å². The van der Waals surface area contributed by atoms with Crippen LogP contribution in [-0.4, -0.2) is 39.4 Å². The fourth-order valence-electron chi connectivity index (χ4n) is 3.05. The molecule has 10 heteroatoms. The third kappa shape index (κ3) is 5.60. The van der Waals surface area contributed by atoms with Crippen LogP contribution in [-0.2, 0) is 11.8 Å². The van der Waals surface area contributed by atoms with E-state index in [4.69, 9.17) is 16.3 Å². The molecule has 0 saturated carbocycles. The first kappa shape index (κ1) is 23.6. The smallest absolute Gasteiger partial charge is 0.253 e. The summed E-state index contributed by atoms with van der Waals surface area (Å²) < 4.78 is 7.05. The van der Waals surface area contributed by atoms with Gasteiger partial charge in [-0.25, -0.2) is 0 Å². The number of nitrogens with zero attached hydrogens (tertiary/aromatic N) is 3. The van der Waals surface area contributed by atoms with E-state index in [0.29, 0.717) is 33.0 Å². The van der Waals surface area contributed by atoms with Gasteiger partial charge in [-0.05, 0) is 43.7 Å². The lowest BCUT2D eigenvalue weighted by Gasteiger charge is -2.14. The number of methoxy groups -OCH3 is 1. The van der Waals surface area contributed by atoms with Crippen LogP contribution in [0.2, 0.25) is 5.02 Å². The molecule has 0 aliphatic heterocycles. The molecule has 32 heavy (non-hydrogen) atoms. The molecule has 3 aromatic rings. The van der Waals surface area contributed by atoms with Gasteiger partial charge in [0.15, 0.2) is 11.0 Å². The second-order valence-corrected chi connectivity index (χ2v) is 8.47. The third-order valence-electron chi connectivity index (χ3n) is 4.68. The molecule has 8 nitrogen and oxygen atoms in total. The van der Waals surface area contributed by atoms with Crippen molar-refractivity contribution in [1.82, 2.24) is 20.1 Å². The molecular formula is C22H24ClN5O3S. The number of aromatic nitrogens is 3. The van der Waals surface area contributed by atoms with E-state index in [0.717, 1.165) is 5.56 Å². The molecule has 2 N–H and O–H groups in total. The first-order valence-corrected chi connectivity index (χ1v) is 11.2. The number of halogens is 1. The molecule has 1 atom stereocenters. The number of nitrogens with one attached hydrogen (secondary N) is 2. The fraction of sp³-hybridized carbons (Fsp3) is 0.273. The highest BCUT2D eigenvalue weighted by molar-refractivity contribution is 7.99. The van der Waals surface area contributed by atoms with Crippen LogP contribution in [0.15, 0.2) is 47.6 Å². The van der Waals surface area contributed by atoms with E-state index in [9.17, 15) is 9.59 Å². The maximum absolute atomic E-state index is 12.5. The van der Waals surface area contributed by atoms with E-state index in [1.165, 1.54) is 11.8 Å². The van der Waals surface area contributed by atoms with E-state index in [1.807, 2.05) is 32.0 Å². The number of benzene rings is 2. The van der Waals surface area contributed by atoms with Crippen LogP contribution < -0.4 is 15.4 Å². The number of thioether (sulfide) groups is 1. The van der Waals surface area contributed by atoms with Crippen molar-refractivity contribution in [3.05, 3.63) is 64.4 Å². The van der Waals surface area contributed by atoms with E-state index >= 15 is 0 Å². The molecule has 0 aliphatic rings. The number of carbonyl (C=O) groups excluding carboxylic acids is 2. The normalized spacial score (nSPS) is 11.7. The second kappa shape index (κ2) is 10.5. The van der Waals surface area contributed by atoms with Crippen molar-refractivity contribution in [1.29, 1.82) is 0 Å². The van der Waals surface area contributed by atoms with Gasteiger partial charge in [-0.15, -0.1) is 10.2 Å². The summed E-state index contributed by atoms with van der Waals surface area (Å²) in [7, 11) is 3.35. The number of ether oxygens (including phenoxy) is 1. The van der Waals surface area contributed by atoms with Gasteiger partial charge in [0, 0.05) is 7.05 Å². The zero-order valence-corrected chi connectivity index (χ0v) is 19.8. The molecule has 2 amide bonds. The maximum atomic E-state index is 12.5. The van der Waals surface area contributed by atoms with Crippen LogP contribution in [0.1, 0.15) is 34.7 Å².